The summed E-state index contributed by atoms with van der Waals surface area (Å²) in [7, 11) is -4.19. The van der Waals surface area contributed by atoms with Crippen LogP contribution in [0.2, 0.25) is 0 Å². The molecule has 1 atom stereocenters. The Hall–Kier alpha value is -3.69. The average Bonchev–Trinajstić information content (AvgIpc) is 3.14. The van der Waals surface area contributed by atoms with Gasteiger partial charge < -0.3 is 15.2 Å². The number of aryl methyl sites for hydroxylation is 1. The third-order valence-electron chi connectivity index (χ3n) is 5.63. The topological polar surface area (TPSA) is 119 Å². The van der Waals surface area contributed by atoms with Gasteiger partial charge in [0.2, 0.25) is 0 Å². The molecule has 34 heavy (non-hydrogen) atoms. The normalized spacial score (nSPS) is 13.6. The van der Waals surface area contributed by atoms with Crippen molar-refractivity contribution in [2.24, 2.45) is 0 Å². The second kappa shape index (κ2) is 9.66. The van der Waals surface area contributed by atoms with Crippen LogP contribution in [-0.4, -0.2) is 44.8 Å². The van der Waals surface area contributed by atoms with E-state index < -0.39 is 34.8 Å². The van der Waals surface area contributed by atoms with Crippen molar-refractivity contribution >= 4 is 22.2 Å². The lowest BCUT2D eigenvalue weighted by molar-refractivity contribution is -0.140. The van der Waals surface area contributed by atoms with Gasteiger partial charge in [-0.05, 0) is 41.3 Å². The Balaban J connectivity index is 1.38. The smallest absolute Gasteiger partial charge is 0.407 e. The third-order valence-corrected chi connectivity index (χ3v) is 6.93. The van der Waals surface area contributed by atoms with E-state index in [2.05, 4.69) is 5.32 Å². The van der Waals surface area contributed by atoms with E-state index in [1.165, 1.54) is 12.1 Å². The minimum atomic E-state index is -4.19. The van der Waals surface area contributed by atoms with Crippen LogP contribution in [0.3, 0.4) is 0 Å². The van der Waals surface area contributed by atoms with Crippen LogP contribution in [0.1, 0.15) is 22.6 Å². The Labute approximate surface area is 197 Å². The number of benzene rings is 3. The molecule has 3 aromatic rings. The van der Waals surface area contributed by atoms with Crippen molar-refractivity contribution in [2.75, 3.05) is 13.2 Å². The molecule has 0 spiro atoms. The highest BCUT2D eigenvalue weighted by molar-refractivity contribution is 7.86. The van der Waals surface area contributed by atoms with E-state index in [9.17, 15) is 23.1 Å². The van der Waals surface area contributed by atoms with Crippen LogP contribution in [0, 0.1) is 6.92 Å². The Morgan fingerprint density at radius 3 is 2.06 bits per heavy atom. The van der Waals surface area contributed by atoms with Crippen molar-refractivity contribution in [3.05, 3.63) is 89.5 Å². The predicted molar refractivity (Wildman–Crippen MR) is 124 cm³/mol. The van der Waals surface area contributed by atoms with Gasteiger partial charge in [-0.3, -0.25) is 4.18 Å². The number of aliphatic carboxylic acids is 1. The summed E-state index contributed by atoms with van der Waals surface area (Å²) in [6.45, 7) is 1.01. The number of fused-ring (bicyclic) bond motifs is 3. The highest BCUT2D eigenvalue weighted by atomic mass is 32.2. The first-order valence-electron chi connectivity index (χ1n) is 10.6. The summed E-state index contributed by atoms with van der Waals surface area (Å²) in [6.07, 6.45) is -0.981. The minimum absolute atomic E-state index is 0.00524. The zero-order valence-electron chi connectivity index (χ0n) is 18.3. The summed E-state index contributed by atoms with van der Waals surface area (Å²) in [5, 5.41) is 11.6. The van der Waals surface area contributed by atoms with Gasteiger partial charge in [-0.15, -0.1) is 0 Å². The monoisotopic (exact) mass is 481 g/mol. The number of carbonyl (C=O) groups is 2. The second-order valence-corrected chi connectivity index (χ2v) is 9.53. The van der Waals surface area contributed by atoms with Gasteiger partial charge in [-0.25, -0.2) is 9.59 Å². The van der Waals surface area contributed by atoms with Crippen molar-refractivity contribution in [1.82, 2.24) is 5.32 Å². The van der Waals surface area contributed by atoms with Crippen LogP contribution >= 0.6 is 0 Å². The molecule has 0 aliphatic heterocycles. The van der Waals surface area contributed by atoms with Crippen molar-refractivity contribution in [1.29, 1.82) is 0 Å². The summed E-state index contributed by atoms with van der Waals surface area (Å²) >= 11 is 0. The van der Waals surface area contributed by atoms with E-state index in [1.54, 1.807) is 19.1 Å². The molecule has 0 saturated heterocycles. The van der Waals surface area contributed by atoms with Crippen LogP contribution in [0.25, 0.3) is 11.1 Å². The Morgan fingerprint density at radius 1 is 0.941 bits per heavy atom. The fourth-order valence-electron chi connectivity index (χ4n) is 3.89. The number of carboxylic acid groups (broad SMARTS) is 1. The number of alkyl carbamates (subject to hydrolysis) is 1. The number of carbonyl (C=O) groups excluding carboxylic acids is 1. The molecular weight excluding hydrogens is 458 g/mol. The first kappa shape index (κ1) is 23.5. The lowest BCUT2D eigenvalue weighted by Crippen LogP contribution is -2.45. The molecule has 1 aliphatic carbocycles. The molecule has 1 amide bonds. The summed E-state index contributed by atoms with van der Waals surface area (Å²) in [5.74, 6) is -1.65. The fourth-order valence-corrected chi connectivity index (χ4v) is 4.81. The number of ether oxygens (including phenoxy) is 1. The van der Waals surface area contributed by atoms with Crippen LogP contribution in [0.5, 0.6) is 0 Å². The van der Waals surface area contributed by atoms with Gasteiger partial charge in [0.1, 0.15) is 6.61 Å². The molecule has 0 saturated carbocycles. The maximum Gasteiger partial charge on any atom is 0.407 e. The minimum Gasteiger partial charge on any atom is -0.480 e. The van der Waals surface area contributed by atoms with Gasteiger partial charge in [0, 0.05) is 5.92 Å². The number of hydrogen-bond donors (Lipinski definition) is 2. The van der Waals surface area contributed by atoms with E-state index in [1.807, 2.05) is 48.5 Å². The van der Waals surface area contributed by atoms with Gasteiger partial charge in [0.25, 0.3) is 10.1 Å². The SMILES string of the molecule is Cc1ccc(S(=O)(=O)OC[C@H](NC(=O)OCC2c3ccccc3-c3ccccc32)C(=O)O)cc1. The molecule has 8 nitrogen and oxygen atoms in total. The van der Waals surface area contributed by atoms with Gasteiger partial charge in [-0.2, -0.15) is 8.42 Å². The largest absolute Gasteiger partial charge is 0.480 e. The number of rotatable bonds is 8. The van der Waals surface area contributed by atoms with Crippen molar-refractivity contribution in [3.8, 4) is 11.1 Å². The van der Waals surface area contributed by atoms with E-state index in [4.69, 9.17) is 8.92 Å². The number of carboxylic acids is 1. The molecule has 0 bridgehead atoms. The van der Waals surface area contributed by atoms with Crippen LogP contribution in [0.4, 0.5) is 4.79 Å². The molecular formula is C25H23NO7S. The summed E-state index contributed by atoms with van der Waals surface area (Å²) in [6, 6.07) is 19.9. The molecule has 0 unspecified atom stereocenters. The number of nitrogens with one attached hydrogen (secondary N) is 1. The van der Waals surface area contributed by atoms with Gasteiger partial charge in [-0.1, -0.05) is 66.2 Å². The first-order chi connectivity index (χ1) is 16.3. The Kier molecular flexibility index (Phi) is 6.67. The second-order valence-electron chi connectivity index (χ2n) is 7.91. The summed E-state index contributed by atoms with van der Waals surface area (Å²) in [5.41, 5.74) is 5.01. The van der Waals surface area contributed by atoms with Gasteiger partial charge in [0.05, 0.1) is 11.5 Å². The van der Waals surface area contributed by atoms with Crippen molar-refractivity contribution in [2.45, 2.75) is 23.8 Å². The first-order valence-corrected chi connectivity index (χ1v) is 12.0. The maximum absolute atomic E-state index is 12.4. The molecule has 9 heteroatoms. The Bertz CT molecular complexity index is 1270. The van der Waals surface area contributed by atoms with E-state index >= 15 is 0 Å². The lowest BCUT2D eigenvalue weighted by Gasteiger charge is -2.17. The summed E-state index contributed by atoms with van der Waals surface area (Å²) in [4.78, 5) is 23.8. The standard InChI is InChI=1S/C25H23NO7S/c1-16-10-12-17(13-11-16)34(30,31)33-15-23(24(27)28)26-25(29)32-14-22-20-8-4-2-6-18(20)19-7-3-5-9-21(19)22/h2-13,22-23H,14-15H2,1H3,(H,26,29)(H,27,28)/t23-/m0/s1. The molecule has 176 valence electrons. The molecule has 3 aromatic carbocycles. The summed E-state index contributed by atoms with van der Waals surface area (Å²) < 4.78 is 34.9. The highest BCUT2D eigenvalue weighted by Gasteiger charge is 2.30. The molecule has 4 rings (SSSR count). The van der Waals surface area contributed by atoms with Gasteiger partial charge >= 0.3 is 12.1 Å². The van der Waals surface area contributed by atoms with Crippen molar-refractivity contribution in [3.63, 3.8) is 0 Å². The van der Waals surface area contributed by atoms with Crippen molar-refractivity contribution < 1.29 is 32.0 Å². The molecule has 0 aromatic heterocycles. The quantitative estimate of drug-likeness (QED) is 0.471. The molecule has 0 fully saturated rings. The molecule has 1 aliphatic rings. The predicted octanol–water partition coefficient (Wildman–Crippen LogP) is 3.69. The number of amides is 1. The van der Waals surface area contributed by atoms with Crippen LogP contribution in [0.15, 0.2) is 77.7 Å². The third kappa shape index (κ3) is 4.95. The van der Waals surface area contributed by atoms with E-state index in [0.29, 0.717) is 0 Å². The van der Waals surface area contributed by atoms with E-state index in [-0.39, 0.29) is 17.4 Å². The Morgan fingerprint density at radius 2 is 1.50 bits per heavy atom. The van der Waals surface area contributed by atoms with E-state index in [0.717, 1.165) is 27.8 Å². The zero-order chi connectivity index (χ0) is 24.3. The molecule has 0 radical (unpaired) electrons. The zero-order valence-corrected chi connectivity index (χ0v) is 19.1. The van der Waals surface area contributed by atoms with Crippen LogP contribution < -0.4 is 5.32 Å². The maximum atomic E-state index is 12.4. The fraction of sp³-hybridized carbons (Fsp3) is 0.200. The van der Waals surface area contributed by atoms with Crippen LogP contribution in [-0.2, 0) is 23.8 Å². The number of hydrogen-bond acceptors (Lipinski definition) is 6. The lowest BCUT2D eigenvalue weighted by atomic mass is 9.98. The average molecular weight is 482 g/mol. The van der Waals surface area contributed by atoms with Gasteiger partial charge in [0.15, 0.2) is 6.04 Å². The highest BCUT2D eigenvalue weighted by Crippen LogP contribution is 2.44. The molecule has 0 heterocycles. The molecule has 2 N–H and O–H groups in total.